The molecule has 0 radical (unpaired) electrons. The fourth-order valence-corrected chi connectivity index (χ4v) is 5.00. The van der Waals surface area contributed by atoms with Gasteiger partial charge in [-0.05, 0) is 55.0 Å². The van der Waals surface area contributed by atoms with Crippen molar-refractivity contribution in [3.63, 3.8) is 0 Å². The number of imide groups is 1. The molecule has 3 heterocycles. The molecule has 0 aliphatic carbocycles. The van der Waals surface area contributed by atoms with Crippen LogP contribution in [0, 0.1) is 10.1 Å². The summed E-state index contributed by atoms with van der Waals surface area (Å²) in [5, 5.41) is 11.6. The van der Waals surface area contributed by atoms with Gasteiger partial charge in [0.1, 0.15) is 17.4 Å². The van der Waals surface area contributed by atoms with Crippen LogP contribution in [0.4, 0.5) is 11.4 Å². The highest BCUT2D eigenvalue weighted by Gasteiger charge is 2.58. The van der Waals surface area contributed by atoms with Crippen molar-refractivity contribution in [3.05, 3.63) is 87.5 Å². The fraction of sp³-hybridized carbons (Fsp3) is 0.192. The van der Waals surface area contributed by atoms with Crippen molar-refractivity contribution in [3.8, 4) is 17.2 Å². The second kappa shape index (κ2) is 8.33. The van der Waals surface area contributed by atoms with Crippen molar-refractivity contribution in [1.29, 1.82) is 0 Å². The Morgan fingerprint density at radius 3 is 2.43 bits per heavy atom. The van der Waals surface area contributed by atoms with Crippen molar-refractivity contribution < 1.29 is 33.5 Å². The number of benzene rings is 3. The quantitative estimate of drug-likeness (QED) is 0.217. The van der Waals surface area contributed by atoms with Gasteiger partial charge in [-0.2, -0.15) is 0 Å². The summed E-state index contributed by atoms with van der Waals surface area (Å²) in [6, 6.07) is 13.9. The Labute approximate surface area is 209 Å². The predicted molar refractivity (Wildman–Crippen MR) is 128 cm³/mol. The third-order valence-corrected chi connectivity index (χ3v) is 6.63. The third-order valence-electron chi connectivity index (χ3n) is 6.63. The van der Waals surface area contributed by atoms with Gasteiger partial charge >= 0.3 is 0 Å². The van der Waals surface area contributed by atoms with Gasteiger partial charge in [0.05, 0.1) is 23.1 Å². The summed E-state index contributed by atoms with van der Waals surface area (Å²) in [6.45, 7) is 2.39. The van der Waals surface area contributed by atoms with E-state index in [9.17, 15) is 24.5 Å². The highest BCUT2D eigenvalue weighted by Crippen LogP contribution is 2.47. The normalized spacial score (nSPS) is 19.6. The summed E-state index contributed by atoms with van der Waals surface area (Å²) in [4.78, 5) is 53.5. The number of hydrogen-bond donors (Lipinski definition) is 0. The van der Waals surface area contributed by atoms with Gasteiger partial charge in [-0.3, -0.25) is 29.4 Å². The lowest BCUT2D eigenvalue weighted by Crippen LogP contribution is -2.67. The van der Waals surface area contributed by atoms with Crippen molar-refractivity contribution in [2.45, 2.75) is 19.0 Å². The lowest BCUT2D eigenvalue weighted by Gasteiger charge is -2.49. The number of rotatable bonds is 6. The smallest absolute Gasteiger partial charge is 0.282 e. The van der Waals surface area contributed by atoms with Gasteiger partial charge in [-0.25, -0.2) is 0 Å². The highest BCUT2D eigenvalue weighted by atomic mass is 16.7. The Morgan fingerprint density at radius 1 is 0.946 bits per heavy atom. The van der Waals surface area contributed by atoms with Crippen LogP contribution in [0.2, 0.25) is 0 Å². The minimum absolute atomic E-state index is 0.0521. The van der Waals surface area contributed by atoms with Crippen LogP contribution in [-0.2, 0) is 4.79 Å². The number of hydrogen-bond acceptors (Lipinski definition) is 8. The second-order valence-corrected chi connectivity index (χ2v) is 8.57. The van der Waals surface area contributed by atoms with Crippen LogP contribution in [0.1, 0.15) is 39.2 Å². The first-order valence-electron chi connectivity index (χ1n) is 11.5. The minimum Gasteiger partial charge on any atom is -0.494 e. The van der Waals surface area contributed by atoms with Crippen LogP contribution in [0.3, 0.4) is 0 Å². The molecule has 3 aliphatic rings. The maximum Gasteiger partial charge on any atom is 0.282 e. The van der Waals surface area contributed by atoms with Crippen molar-refractivity contribution >= 4 is 29.1 Å². The lowest BCUT2D eigenvalue weighted by molar-refractivity contribution is -0.385. The Kier molecular flexibility index (Phi) is 5.07. The molecule has 0 saturated carbocycles. The third kappa shape index (κ3) is 3.31. The molecule has 3 amide bonds. The Morgan fingerprint density at radius 2 is 1.70 bits per heavy atom. The van der Waals surface area contributed by atoms with Crippen LogP contribution >= 0.6 is 0 Å². The summed E-state index contributed by atoms with van der Waals surface area (Å²) in [6.07, 6.45) is 0. The summed E-state index contributed by atoms with van der Waals surface area (Å²) >= 11 is 0. The molecule has 1 saturated heterocycles. The maximum absolute atomic E-state index is 13.6. The summed E-state index contributed by atoms with van der Waals surface area (Å²) in [7, 11) is 0. The van der Waals surface area contributed by atoms with E-state index >= 15 is 0 Å². The number of carbonyl (C=O) groups is 3. The van der Waals surface area contributed by atoms with Crippen LogP contribution in [-0.4, -0.2) is 47.0 Å². The second-order valence-electron chi connectivity index (χ2n) is 8.57. The van der Waals surface area contributed by atoms with E-state index in [1.54, 1.807) is 42.5 Å². The van der Waals surface area contributed by atoms with Gasteiger partial charge in [-0.1, -0.05) is 12.1 Å². The molecular formula is C26H19N3O8. The fourth-order valence-electron chi connectivity index (χ4n) is 5.00. The number of nitro benzene ring substituents is 1. The number of nitrogens with zero attached hydrogens (tertiary/aromatic N) is 3. The molecule has 0 bridgehead atoms. The topological polar surface area (TPSA) is 129 Å². The van der Waals surface area contributed by atoms with Crippen molar-refractivity contribution in [1.82, 2.24) is 4.90 Å². The van der Waals surface area contributed by atoms with Gasteiger partial charge in [0.2, 0.25) is 6.79 Å². The van der Waals surface area contributed by atoms with E-state index in [0.717, 1.165) is 11.0 Å². The number of ether oxygens (including phenoxy) is 3. The van der Waals surface area contributed by atoms with Gasteiger partial charge < -0.3 is 19.1 Å². The maximum atomic E-state index is 13.6. The largest absolute Gasteiger partial charge is 0.494 e. The van der Waals surface area contributed by atoms with Crippen molar-refractivity contribution in [2.75, 3.05) is 18.3 Å². The van der Waals surface area contributed by atoms with E-state index in [0.29, 0.717) is 35.1 Å². The number of nitro groups is 1. The molecular weight excluding hydrogens is 482 g/mol. The molecule has 0 spiro atoms. The van der Waals surface area contributed by atoms with Crippen LogP contribution in [0.15, 0.2) is 60.7 Å². The number of β-lactam (4-membered cyclic amide) rings is 1. The zero-order valence-electron chi connectivity index (χ0n) is 19.5. The molecule has 0 unspecified atom stereocenters. The Balaban J connectivity index is 1.43. The molecule has 6 rings (SSSR count). The standard InChI is InChI=1S/C26H19N3O8/c1-2-35-16-9-7-15(8-10-16)27-22(14-6-11-19-20(12-14)37-13-36-19)23(26(27)32)28-24(30)17-4-3-5-18(29(33)34)21(17)25(28)31/h3-12,22-23H,2,13H2,1H3/t22-,23-/m0/s1. The van der Waals surface area contributed by atoms with Gasteiger partial charge in [-0.15, -0.1) is 0 Å². The lowest BCUT2D eigenvalue weighted by atomic mass is 9.86. The number of fused-ring (bicyclic) bond motifs is 2. The van der Waals surface area contributed by atoms with Gasteiger partial charge in [0.25, 0.3) is 23.4 Å². The van der Waals surface area contributed by atoms with E-state index in [2.05, 4.69) is 0 Å². The van der Waals surface area contributed by atoms with E-state index in [-0.39, 0.29) is 17.9 Å². The zero-order chi connectivity index (χ0) is 25.8. The highest BCUT2D eigenvalue weighted by molar-refractivity contribution is 6.26. The Bertz CT molecular complexity index is 1490. The average Bonchev–Trinajstić information content (AvgIpc) is 3.46. The molecule has 11 nitrogen and oxygen atoms in total. The van der Waals surface area contributed by atoms with E-state index < -0.39 is 40.4 Å². The molecule has 0 N–H and O–H groups in total. The molecule has 11 heteroatoms. The van der Waals surface area contributed by atoms with E-state index in [1.165, 1.54) is 17.0 Å². The van der Waals surface area contributed by atoms with E-state index in [1.807, 2.05) is 6.92 Å². The van der Waals surface area contributed by atoms with Gasteiger partial charge in [0.15, 0.2) is 11.5 Å². The first-order valence-corrected chi connectivity index (χ1v) is 11.5. The number of carbonyl (C=O) groups excluding carboxylic acids is 3. The molecule has 1 fully saturated rings. The minimum atomic E-state index is -1.21. The van der Waals surface area contributed by atoms with Crippen LogP contribution in [0.25, 0.3) is 0 Å². The van der Waals surface area contributed by atoms with Crippen LogP contribution in [0.5, 0.6) is 17.2 Å². The SMILES string of the molecule is CCOc1ccc(N2C(=O)[C@@H](N3C(=O)c4cccc([N+](=O)[O-])c4C3=O)[C@@H]2c2ccc3c(c2)OCO3)cc1. The molecule has 3 aromatic carbocycles. The molecule has 3 aromatic rings. The predicted octanol–water partition coefficient (Wildman–Crippen LogP) is 3.47. The summed E-state index contributed by atoms with van der Waals surface area (Å²) in [5.74, 6) is -0.482. The zero-order valence-corrected chi connectivity index (χ0v) is 19.5. The van der Waals surface area contributed by atoms with Gasteiger partial charge in [0, 0.05) is 11.8 Å². The molecule has 186 valence electrons. The average molecular weight is 501 g/mol. The molecule has 3 aliphatic heterocycles. The molecule has 37 heavy (non-hydrogen) atoms. The van der Waals surface area contributed by atoms with E-state index in [4.69, 9.17) is 14.2 Å². The summed E-state index contributed by atoms with van der Waals surface area (Å²) in [5.41, 5.74) is 0.252. The Hall–Kier alpha value is -4.93. The summed E-state index contributed by atoms with van der Waals surface area (Å²) < 4.78 is 16.4. The first-order chi connectivity index (χ1) is 17.9. The van der Waals surface area contributed by atoms with Crippen LogP contribution < -0.4 is 19.1 Å². The number of anilines is 1. The monoisotopic (exact) mass is 501 g/mol. The number of amides is 3. The first kappa shape index (κ1) is 22.5. The molecule has 2 atom stereocenters. The molecule has 0 aromatic heterocycles. The van der Waals surface area contributed by atoms with Crippen molar-refractivity contribution in [2.24, 2.45) is 0 Å².